The Labute approximate surface area is 204 Å². The van der Waals surface area contributed by atoms with Gasteiger partial charge >= 0.3 is 59.1 Å². The molecule has 27 heavy (non-hydrogen) atoms. The molecule has 1 amide bonds. The Hall–Kier alpha value is 0.0200. The second-order valence-electron chi connectivity index (χ2n) is 5.40. The molecule has 0 spiro atoms. The minimum absolute atomic E-state index is 0. The van der Waals surface area contributed by atoms with Crippen LogP contribution in [0.5, 0.6) is 0 Å². The molecule has 0 atom stereocenters. The fourth-order valence-corrected chi connectivity index (χ4v) is 2.20. The molecule has 6 nitrogen and oxygen atoms in total. The van der Waals surface area contributed by atoms with Crippen LogP contribution in [-0.4, -0.2) is 17.3 Å². The Morgan fingerprint density at radius 1 is 1.00 bits per heavy atom. The van der Waals surface area contributed by atoms with Crippen molar-refractivity contribution in [2.75, 3.05) is 6.54 Å². The van der Waals surface area contributed by atoms with E-state index in [4.69, 9.17) is 19.2 Å². The summed E-state index contributed by atoms with van der Waals surface area (Å²) in [5, 5.41) is 2.91. The number of phosphoric acid groups is 1. The van der Waals surface area contributed by atoms with Crippen LogP contribution in [0.25, 0.3) is 0 Å². The van der Waals surface area contributed by atoms with Gasteiger partial charge in [0.25, 0.3) is 0 Å². The van der Waals surface area contributed by atoms with Crippen LogP contribution < -0.4 is 74.2 Å². The van der Waals surface area contributed by atoms with E-state index in [1.807, 2.05) is 13.0 Å². The molecule has 0 heterocycles. The molecule has 0 aromatic heterocycles. The van der Waals surface area contributed by atoms with E-state index in [9.17, 15) is 4.79 Å². The van der Waals surface area contributed by atoms with Gasteiger partial charge in [-0.05, 0) is 29.5 Å². The van der Waals surface area contributed by atoms with Gasteiger partial charge in [-0.15, -0.1) is 0 Å². The number of nitrogens with one attached hydrogen (secondary N) is 1. The molecule has 0 saturated heterocycles. The van der Waals surface area contributed by atoms with Crippen molar-refractivity contribution < 1.29 is 83.2 Å². The first-order valence-electron chi connectivity index (χ1n) is 7.91. The van der Waals surface area contributed by atoms with Crippen molar-refractivity contribution >= 4 is 13.7 Å². The fourth-order valence-electron chi connectivity index (χ4n) is 2.20. The summed E-state index contributed by atoms with van der Waals surface area (Å²) < 4.78 is 8.66. The molecule has 2 aromatic rings. The van der Waals surface area contributed by atoms with Crippen LogP contribution in [-0.2, 0) is 22.2 Å². The Morgan fingerprint density at radius 3 is 2.07 bits per heavy atom. The van der Waals surface area contributed by atoms with Gasteiger partial charge in [0.05, 0.1) is 7.82 Å². The van der Waals surface area contributed by atoms with E-state index in [2.05, 4.69) is 53.8 Å². The van der Waals surface area contributed by atoms with E-state index in [1.54, 1.807) is 0 Å². The van der Waals surface area contributed by atoms with E-state index in [0.717, 1.165) is 12.8 Å². The minimum atomic E-state index is -5.14. The van der Waals surface area contributed by atoms with Crippen LogP contribution in [0.15, 0.2) is 54.6 Å². The molecule has 2 N–H and O–H groups in total. The molecule has 0 aliphatic heterocycles. The van der Waals surface area contributed by atoms with Crippen molar-refractivity contribution in [3.05, 3.63) is 71.3 Å². The van der Waals surface area contributed by atoms with E-state index in [1.165, 1.54) is 16.7 Å². The van der Waals surface area contributed by atoms with Crippen LogP contribution in [0.4, 0.5) is 0 Å². The topological polar surface area (TPSA) is 113 Å². The predicted molar refractivity (Wildman–Crippen MR) is 92.5 cm³/mol. The van der Waals surface area contributed by atoms with Crippen LogP contribution >= 0.6 is 7.82 Å². The zero-order valence-electron chi connectivity index (χ0n) is 16.1. The zero-order valence-corrected chi connectivity index (χ0v) is 20.9. The molecular weight excluding hydrogens is 387 g/mol. The molecule has 0 bridgehead atoms. The first-order chi connectivity index (χ1) is 11.8. The molecule has 2 aromatic carbocycles. The van der Waals surface area contributed by atoms with Gasteiger partial charge in [0.1, 0.15) is 0 Å². The summed E-state index contributed by atoms with van der Waals surface area (Å²) in [5.74, 6) is 0.116. The molecular formula is C18H22NNa2O5P. The number of hydrogen-bond donors (Lipinski definition) is 2. The first-order valence-corrected chi connectivity index (χ1v) is 9.40. The van der Waals surface area contributed by atoms with Crippen LogP contribution in [0.3, 0.4) is 0 Å². The molecule has 0 unspecified atom stereocenters. The second kappa shape index (κ2) is 15.9. The van der Waals surface area contributed by atoms with Crippen LogP contribution in [0, 0.1) is 0 Å². The molecule has 0 aliphatic rings. The Bertz CT molecular complexity index is 702. The van der Waals surface area contributed by atoms with Crippen molar-refractivity contribution in [3.63, 3.8) is 0 Å². The number of rotatable bonds is 6. The maximum absolute atomic E-state index is 11.2. The maximum Gasteiger partial charge on any atom is 1.00 e. The van der Waals surface area contributed by atoms with Gasteiger partial charge in [0, 0.05) is 13.0 Å². The van der Waals surface area contributed by atoms with Crippen molar-refractivity contribution in [1.82, 2.24) is 5.32 Å². The third-order valence-electron chi connectivity index (χ3n) is 3.30. The second-order valence-corrected chi connectivity index (χ2v) is 6.34. The molecule has 0 radical (unpaired) electrons. The zero-order chi connectivity index (χ0) is 18.7. The summed E-state index contributed by atoms with van der Waals surface area (Å²) in [7, 11) is -5.14. The summed E-state index contributed by atoms with van der Waals surface area (Å²) >= 11 is 0. The minimum Gasteiger partial charge on any atom is -0.790 e. The van der Waals surface area contributed by atoms with E-state index < -0.39 is 7.82 Å². The van der Waals surface area contributed by atoms with Gasteiger partial charge in [-0.25, -0.2) is 0 Å². The van der Waals surface area contributed by atoms with E-state index in [-0.39, 0.29) is 65.0 Å². The number of amides is 1. The SMILES string of the molecule is CCC(=O)NCCc1cccc(Cc2ccccc2)c1.O=P([O-])([O-])O.[Na+].[Na+]. The van der Waals surface area contributed by atoms with E-state index in [0.29, 0.717) is 13.0 Å². The molecule has 0 fully saturated rings. The number of carbonyl (C=O) groups excluding carboxylic acids is 1. The van der Waals surface area contributed by atoms with Crippen LogP contribution in [0.1, 0.15) is 30.0 Å². The van der Waals surface area contributed by atoms with Gasteiger partial charge in [0.2, 0.25) is 5.91 Å². The Kier molecular flexibility index (Phi) is 17.2. The molecule has 2 rings (SSSR count). The molecule has 0 aliphatic carbocycles. The van der Waals surface area contributed by atoms with Gasteiger partial charge in [-0.1, -0.05) is 61.5 Å². The summed E-state index contributed by atoms with van der Waals surface area (Å²) in [5.41, 5.74) is 3.91. The number of hydrogen-bond acceptors (Lipinski definition) is 4. The molecule has 136 valence electrons. The summed E-state index contributed by atoms with van der Waals surface area (Å²) in [6, 6.07) is 19.1. The smallest absolute Gasteiger partial charge is 0.790 e. The van der Waals surface area contributed by atoms with E-state index >= 15 is 0 Å². The van der Waals surface area contributed by atoms with Gasteiger partial charge < -0.3 is 24.6 Å². The standard InChI is InChI=1S/C18H21NO.2Na.H3O4P/c1-2-18(20)19-12-11-16-9-6-10-17(14-16)13-15-7-4-3-5-8-15;;;1-5(2,3)4/h3-10,14H,2,11-13H2,1H3,(H,19,20);;;(H3,1,2,3,4)/q;2*+1;/p-2. The van der Waals surface area contributed by atoms with Crippen molar-refractivity contribution in [2.45, 2.75) is 26.2 Å². The Morgan fingerprint density at radius 2 is 1.52 bits per heavy atom. The predicted octanol–water partition coefficient (Wildman–Crippen LogP) is -4.84. The average molecular weight is 409 g/mol. The monoisotopic (exact) mass is 409 g/mol. The third kappa shape index (κ3) is 16.7. The van der Waals surface area contributed by atoms with Gasteiger partial charge in [-0.2, -0.15) is 0 Å². The number of benzene rings is 2. The van der Waals surface area contributed by atoms with Gasteiger partial charge in [-0.3, -0.25) is 4.79 Å². The summed E-state index contributed by atoms with van der Waals surface area (Å²) in [6.07, 6.45) is 2.39. The van der Waals surface area contributed by atoms with Gasteiger partial charge in [0.15, 0.2) is 0 Å². The third-order valence-corrected chi connectivity index (χ3v) is 3.30. The first kappa shape index (κ1) is 29.2. The summed E-state index contributed by atoms with van der Waals surface area (Å²) in [4.78, 5) is 35.5. The number of carbonyl (C=O) groups is 1. The van der Waals surface area contributed by atoms with Crippen molar-refractivity contribution in [3.8, 4) is 0 Å². The molecule has 0 saturated carbocycles. The van der Waals surface area contributed by atoms with Crippen molar-refractivity contribution in [2.24, 2.45) is 0 Å². The largest absolute Gasteiger partial charge is 1.00 e. The Balaban J connectivity index is 0. The average Bonchev–Trinajstić information content (AvgIpc) is 2.54. The summed E-state index contributed by atoms with van der Waals surface area (Å²) in [6.45, 7) is 2.58. The maximum atomic E-state index is 11.2. The normalized spacial score (nSPS) is 9.78. The molecule has 9 heteroatoms. The van der Waals surface area contributed by atoms with Crippen molar-refractivity contribution in [1.29, 1.82) is 0 Å². The van der Waals surface area contributed by atoms with Crippen LogP contribution in [0.2, 0.25) is 0 Å². The quantitative estimate of drug-likeness (QED) is 0.367. The fraction of sp³-hybridized carbons (Fsp3) is 0.278.